The number of hydrogen-bond donors (Lipinski definition) is 0. The van der Waals surface area contributed by atoms with Crippen LogP contribution >= 0.6 is 0 Å². The summed E-state index contributed by atoms with van der Waals surface area (Å²) < 4.78 is 0. The number of benzene rings is 14. The van der Waals surface area contributed by atoms with Gasteiger partial charge in [0.2, 0.25) is 0 Å². The molecule has 3 aliphatic rings. The molecular formula is C85H62. The van der Waals surface area contributed by atoms with Crippen molar-refractivity contribution in [2.45, 2.75) is 57.8 Å². The van der Waals surface area contributed by atoms with Crippen LogP contribution in [0.3, 0.4) is 0 Å². The average Bonchev–Trinajstić information content (AvgIpc) is 2.02. The Kier molecular flexibility index (Phi) is 10.6. The van der Waals surface area contributed by atoms with Crippen molar-refractivity contribution in [3.63, 3.8) is 0 Å². The van der Waals surface area contributed by atoms with Gasteiger partial charge in [-0.2, -0.15) is 0 Å². The number of rotatable bonds is 6. The predicted octanol–water partition coefficient (Wildman–Crippen LogP) is 23.2. The van der Waals surface area contributed by atoms with Gasteiger partial charge in [-0.05, 0) is 207 Å². The minimum atomic E-state index is -0.226. The fourth-order valence-corrected chi connectivity index (χ4v) is 16.1. The van der Waals surface area contributed by atoms with E-state index in [1.165, 1.54) is 177 Å². The van der Waals surface area contributed by atoms with Crippen molar-refractivity contribution in [1.82, 2.24) is 0 Å². The highest BCUT2D eigenvalue weighted by molar-refractivity contribution is 6.24. The zero-order chi connectivity index (χ0) is 57.1. The Morgan fingerprint density at radius 1 is 0.165 bits per heavy atom. The molecule has 0 bridgehead atoms. The molecule has 0 unspecified atom stereocenters. The third-order valence-electron chi connectivity index (χ3n) is 20.3. The summed E-state index contributed by atoms with van der Waals surface area (Å²) in [5, 5.41) is 10.2. The van der Waals surface area contributed by atoms with Crippen LogP contribution in [0.2, 0.25) is 0 Å². The van der Waals surface area contributed by atoms with Crippen molar-refractivity contribution in [1.29, 1.82) is 0 Å². The maximum absolute atomic E-state index is 2.52. The molecule has 3 aliphatic carbocycles. The monoisotopic (exact) mass is 1080 g/mol. The molecule has 14 aromatic carbocycles. The van der Waals surface area contributed by atoms with Crippen LogP contribution < -0.4 is 0 Å². The van der Waals surface area contributed by atoms with E-state index in [2.05, 4.69) is 308 Å². The molecule has 402 valence electrons. The molecule has 0 aromatic heterocycles. The predicted molar refractivity (Wildman–Crippen MR) is 362 cm³/mol. The van der Waals surface area contributed by atoms with E-state index >= 15 is 0 Å². The van der Waals surface area contributed by atoms with Gasteiger partial charge in [0.15, 0.2) is 0 Å². The summed E-state index contributed by atoms with van der Waals surface area (Å²) in [6.45, 7) is 14.5. The molecule has 0 heteroatoms. The lowest BCUT2D eigenvalue weighted by atomic mass is 9.79. The largest absolute Gasteiger partial charge is 0.0622 e. The van der Waals surface area contributed by atoms with Gasteiger partial charge in [-0.1, -0.05) is 278 Å². The van der Waals surface area contributed by atoms with E-state index in [0.29, 0.717) is 0 Å². The van der Waals surface area contributed by atoms with Crippen LogP contribution in [-0.2, 0) is 16.2 Å². The van der Waals surface area contributed by atoms with E-state index in [4.69, 9.17) is 0 Å². The lowest BCUT2D eigenvalue weighted by Crippen LogP contribution is -2.15. The first kappa shape index (κ1) is 49.7. The molecule has 0 atom stereocenters. The SMILES string of the molecule is CC1(C)c2ccccc2-c2ccc(-c3c4ccccc4c(-c4ccc5c(c4)C(C)(C)c4cc(-c6ccc7c(c6)C(C)(C)c6cc(-c8c9ccccc9c(-c9ccccc9-c9ccccc9)c9ccccc89)ccc6-7)ccc4-5)c4ccccc34)cc21. The summed E-state index contributed by atoms with van der Waals surface area (Å²) in [6.07, 6.45) is 0. The second-order valence-corrected chi connectivity index (χ2v) is 25.8. The Labute approximate surface area is 498 Å². The number of fused-ring (bicyclic) bond motifs is 13. The maximum Gasteiger partial charge on any atom is 0.0159 e. The first-order valence-electron chi connectivity index (χ1n) is 30.3. The van der Waals surface area contributed by atoms with Gasteiger partial charge in [-0.15, -0.1) is 0 Å². The first-order chi connectivity index (χ1) is 41.4. The number of hydrogen-bond acceptors (Lipinski definition) is 0. The molecule has 0 fully saturated rings. The highest BCUT2D eigenvalue weighted by Crippen LogP contribution is 2.57. The minimum Gasteiger partial charge on any atom is -0.0622 e. The summed E-state index contributed by atoms with van der Waals surface area (Å²) in [6, 6.07) is 101. The second kappa shape index (κ2) is 18.1. The topological polar surface area (TPSA) is 0 Å². The highest BCUT2D eigenvalue weighted by Gasteiger charge is 2.39. The molecule has 85 heavy (non-hydrogen) atoms. The maximum atomic E-state index is 2.52. The molecule has 0 N–H and O–H groups in total. The van der Waals surface area contributed by atoms with E-state index in [1.54, 1.807) is 0 Å². The van der Waals surface area contributed by atoms with Crippen LogP contribution in [0.25, 0.3) is 143 Å². The zero-order valence-corrected chi connectivity index (χ0v) is 48.9. The highest BCUT2D eigenvalue weighted by atomic mass is 14.4. The standard InChI is InChI=1S/C85H62/c1-83(2)73-35-21-20-25-58(73)59-43-38-54(48-76(59)83)79-65-27-12-14-29-67(65)80(68-30-15-13-28-66(68)79)55-39-44-62-60-41-36-52(46-74(60)84(3,4)77(62)49-55)53-37-42-61-63-45-40-56(50-78(63)85(5,6)75(61)47-53)81-69-31-16-18-33-71(69)82(72-34-19-17-32-70(72)81)64-26-11-10-24-57(64)51-22-8-7-9-23-51/h7-50H,1-6H3. The molecule has 0 aliphatic heterocycles. The molecule has 17 rings (SSSR count). The van der Waals surface area contributed by atoms with Gasteiger partial charge in [-0.3, -0.25) is 0 Å². The van der Waals surface area contributed by atoms with Crippen molar-refractivity contribution in [2.75, 3.05) is 0 Å². The Morgan fingerprint density at radius 2 is 0.412 bits per heavy atom. The van der Waals surface area contributed by atoms with E-state index in [9.17, 15) is 0 Å². The van der Waals surface area contributed by atoms with Crippen molar-refractivity contribution < 1.29 is 0 Å². The summed E-state index contributed by atoms with van der Waals surface area (Å²) in [5.41, 5.74) is 31.0. The molecule has 0 nitrogen and oxygen atoms in total. The van der Waals surface area contributed by atoms with Crippen LogP contribution in [0, 0.1) is 0 Å². The van der Waals surface area contributed by atoms with Crippen LogP contribution in [0.1, 0.15) is 74.9 Å². The molecule has 14 aromatic rings. The van der Waals surface area contributed by atoms with Gasteiger partial charge in [-0.25, -0.2) is 0 Å². The molecule has 0 heterocycles. The van der Waals surface area contributed by atoms with E-state index in [1.807, 2.05) is 0 Å². The molecule has 0 amide bonds. The van der Waals surface area contributed by atoms with Gasteiger partial charge in [0.25, 0.3) is 0 Å². The van der Waals surface area contributed by atoms with Gasteiger partial charge in [0.05, 0.1) is 0 Å². The van der Waals surface area contributed by atoms with E-state index in [-0.39, 0.29) is 16.2 Å². The van der Waals surface area contributed by atoms with Crippen LogP contribution in [0.15, 0.2) is 267 Å². The minimum absolute atomic E-state index is 0.0834. The Bertz CT molecular complexity index is 5080. The normalized spacial score (nSPS) is 14.5. The van der Waals surface area contributed by atoms with Crippen molar-refractivity contribution in [2.24, 2.45) is 0 Å². The summed E-state index contributed by atoms with van der Waals surface area (Å²) in [4.78, 5) is 0. The quantitative estimate of drug-likeness (QED) is 0.146. The fraction of sp³-hybridized carbons (Fsp3) is 0.106. The lowest BCUT2D eigenvalue weighted by Gasteiger charge is -2.24. The van der Waals surface area contributed by atoms with Gasteiger partial charge < -0.3 is 0 Å². The molecule has 0 saturated carbocycles. The third-order valence-corrected chi connectivity index (χ3v) is 20.3. The molecule has 0 saturated heterocycles. The van der Waals surface area contributed by atoms with Crippen molar-refractivity contribution >= 4 is 43.1 Å². The second-order valence-electron chi connectivity index (χ2n) is 25.8. The average molecular weight is 1080 g/mol. The van der Waals surface area contributed by atoms with Gasteiger partial charge in [0.1, 0.15) is 0 Å². The van der Waals surface area contributed by atoms with Crippen LogP contribution in [0.5, 0.6) is 0 Å². The molecule has 0 radical (unpaired) electrons. The zero-order valence-electron chi connectivity index (χ0n) is 48.9. The summed E-state index contributed by atoms with van der Waals surface area (Å²) >= 11 is 0. The first-order valence-corrected chi connectivity index (χ1v) is 30.3. The summed E-state index contributed by atoms with van der Waals surface area (Å²) in [5.74, 6) is 0. The summed E-state index contributed by atoms with van der Waals surface area (Å²) in [7, 11) is 0. The Balaban J connectivity index is 0.726. The smallest absolute Gasteiger partial charge is 0.0159 e. The van der Waals surface area contributed by atoms with Crippen LogP contribution in [0.4, 0.5) is 0 Å². The van der Waals surface area contributed by atoms with Crippen molar-refractivity contribution in [3.8, 4) is 100 Å². The van der Waals surface area contributed by atoms with Crippen molar-refractivity contribution in [3.05, 3.63) is 300 Å². The van der Waals surface area contributed by atoms with Gasteiger partial charge in [0, 0.05) is 16.2 Å². The Morgan fingerprint density at radius 3 is 0.776 bits per heavy atom. The van der Waals surface area contributed by atoms with E-state index in [0.717, 1.165) is 0 Å². The fourth-order valence-electron chi connectivity index (χ4n) is 16.1. The lowest BCUT2D eigenvalue weighted by molar-refractivity contribution is 0.660. The van der Waals surface area contributed by atoms with E-state index < -0.39 is 0 Å². The molecular weight excluding hydrogens is 1020 g/mol. The van der Waals surface area contributed by atoms with Crippen LogP contribution in [-0.4, -0.2) is 0 Å². The van der Waals surface area contributed by atoms with Gasteiger partial charge >= 0.3 is 0 Å². The Hall–Kier alpha value is -9.88. The molecule has 0 spiro atoms. The third kappa shape index (κ3) is 7.09.